The van der Waals surface area contributed by atoms with Gasteiger partial charge in [-0.25, -0.2) is 9.38 Å². The van der Waals surface area contributed by atoms with Gasteiger partial charge in [-0.1, -0.05) is 12.1 Å². The second-order valence-electron chi connectivity index (χ2n) is 8.87. The maximum atomic E-state index is 14.6. The summed E-state index contributed by atoms with van der Waals surface area (Å²) in [6, 6.07) is 10.8. The Morgan fingerprint density at radius 3 is 2.50 bits per heavy atom. The van der Waals surface area contributed by atoms with Crippen LogP contribution < -0.4 is 11.5 Å². The number of nitrogens with two attached hydrogens (primary N) is 2. The number of nitrogen functional groups attached to an aromatic ring is 1. The lowest BCUT2D eigenvalue weighted by Crippen LogP contribution is -2.43. The average Bonchev–Trinajstić information content (AvgIpc) is 3.18. The maximum absolute atomic E-state index is 14.6. The number of rotatable bonds is 2. The van der Waals surface area contributed by atoms with Crippen molar-refractivity contribution in [1.29, 1.82) is 0 Å². The van der Waals surface area contributed by atoms with E-state index in [1.54, 1.807) is 19.2 Å². The summed E-state index contributed by atoms with van der Waals surface area (Å²) >= 11 is 0. The summed E-state index contributed by atoms with van der Waals surface area (Å²) in [5.41, 5.74) is 16.2. The number of halogens is 1. The summed E-state index contributed by atoms with van der Waals surface area (Å²) in [6.07, 6.45) is 5.07. The van der Waals surface area contributed by atoms with Crippen LogP contribution in [0.2, 0.25) is 0 Å². The molecular formula is C24H27FN4O. The van der Waals surface area contributed by atoms with Gasteiger partial charge in [0.15, 0.2) is 5.66 Å². The molecule has 1 fully saturated rings. The van der Waals surface area contributed by atoms with Crippen molar-refractivity contribution in [3.05, 3.63) is 53.3 Å². The molecule has 156 valence electrons. The molecule has 0 unspecified atom stereocenters. The number of anilines is 1. The van der Waals surface area contributed by atoms with Gasteiger partial charge in [-0.05, 0) is 74.4 Å². The summed E-state index contributed by atoms with van der Waals surface area (Å²) in [7, 11) is 1.78. The molecule has 2 aromatic rings. The van der Waals surface area contributed by atoms with Gasteiger partial charge < -0.3 is 16.2 Å². The summed E-state index contributed by atoms with van der Waals surface area (Å²) in [5.74, 6) is 0.206. The van der Waals surface area contributed by atoms with Crippen LogP contribution in [0.15, 0.2) is 46.4 Å². The molecule has 5 rings (SSSR count). The lowest BCUT2D eigenvalue weighted by Gasteiger charge is -2.44. The minimum Gasteiger partial charge on any atom is -0.399 e. The normalized spacial score (nSPS) is 29.9. The van der Waals surface area contributed by atoms with Gasteiger partial charge in [0.05, 0.1) is 11.8 Å². The molecule has 0 aromatic heterocycles. The number of hydrogen-bond acceptors (Lipinski definition) is 5. The molecule has 6 heteroatoms. The second-order valence-corrected chi connectivity index (χ2v) is 8.87. The third-order valence-electron chi connectivity index (χ3n) is 7.26. The molecule has 1 atom stereocenters. The third-order valence-corrected chi connectivity index (χ3v) is 7.26. The first kappa shape index (κ1) is 19.2. The number of nitrogens with zero attached hydrogens (tertiary/aromatic N) is 2. The zero-order valence-electron chi connectivity index (χ0n) is 17.4. The molecule has 1 heterocycles. The van der Waals surface area contributed by atoms with Crippen molar-refractivity contribution in [3.63, 3.8) is 0 Å². The van der Waals surface area contributed by atoms with Crippen LogP contribution in [0.4, 0.5) is 10.1 Å². The zero-order chi connectivity index (χ0) is 21.1. The minimum absolute atomic E-state index is 0.125. The fourth-order valence-electron chi connectivity index (χ4n) is 5.60. The molecule has 4 N–H and O–H groups in total. The van der Waals surface area contributed by atoms with E-state index in [2.05, 4.69) is 6.07 Å². The lowest BCUT2D eigenvalue weighted by molar-refractivity contribution is -0.000372. The molecule has 0 saturated heterocycles. The van der Waals surface area contributed by atoms with E-state index in [0.29, 0.717) is 17.1 Å². The highest BCUT2D eigenvalue weighted by molar-refractivity contribution is 6.41. The van der Waals surface area contributed by atoms with E-state index >= 15 is 0 Å². The quantitative estimate of drug-likeness (QED) is 0.733. The van der Waals surface area contributed by atoms with E-state index in [-0.39, 0.29) is 17.3 Å². The summed E-state index contributed by atoms with van der Waals surface area (Å²) in [6.45, 7) is 1.92. The van der Waals surface area contributed by atoms with Crippen molar-refractivity contribution < 1.29 is 9.13 Å². The Labute approximate surface area is 176 Å². The molecule has 0 bridgehead atoms. The summed E-state index contributed by atoms with van der Waals surface area (Å²) < 4.78 is 20.2. The highest BCUT2D eigenvalue weighted by Crippen LogP contribution is 2.62. The summed E-state index contributed by atoms with van der Waals surface area (Å²) in [4.78, 5) is 10.0. The first-order valence-electron chi connectivity index (χ1n) is 10.5. The van der Waals surface area contributed by atoms with Crippen LogP contribution in [-0.4, -0.2) is 24.8 Å². The average molecular weight is 407 g/mol. The smallest absolute Gasteiger partial charge is 0.184 e. The lowest BCUT2D eigenvalue weighted by atomic mass is 9.65. The molecule has 2 aliphatic carbocycles. The molecule has 3 aliphatic rings. The van der Waals surface area contributed by atoms with Gasteiger partial charge in [0.25, 0.3) is 0 Å². The van der Waals surface area contributed by atoms with Crippen molar-refractivity contribution in [2.75, 3.05) is 12.8 Å². The first-order valence-corrected chi connectivity index (χ1v) is 10.5. The van der Waals surface area contributed by atoms with Crippen molar-refractivity contribution >= 4 is 17.2 Å². The first-order chi connectivity index (χ1) is 14.4. The van der Waals surface area contributed by atoms with Crippen molar-refractivity contribution in [1.82, 2.24) is 0 Å². The van der Waals surface area contributed by atoms with Crippen molar-refractivity contribution in [3.8, 4) is 11.1 Å². The van der Waals surface area contributed by atoms with Crippen LogP contribution in [0.3, 0.4) is 0 Å². The van der Waals surface area contributed by atoms with Gasteiger partial charge >= 0.3 is 0 Å². The molecular weight excluding hydrogens is 379 g/mol. The Balaban J connectivity index is 1.66. The number of benzene rings is 2. The minimum atomic E-state index is -0.734. The fraction of sp³-hybridized carbons (Fsp3) is 0.417. The SMILES string of the molecule is CO[C@H]1CC[C@]2(CC1)Cc1ccc(-c3cc(N)ccc3F)cc1[C@@]21N=C(C)C(N)=N1. The number of ether oxygens (including phenoxy) is 1. The molecule has 0 radical (unpaired) electrons. The standard InChI is InChI=1S/C24H27FN4O/c1-14-22(27)29-24(28-14)20-11-15(19-12-17(26)5-6-21(19)25)3-4-16(20)13-23(24)9-7-18(30-2)8-10-23/h3-6,11-12,18H,7-10,13,26H2,1-2H3,(H2,27,29)/t18-,23-,24-/m0/s1. The molecule has 2 spiro atoms. The number of amidine groups is 1. The zero-order valence-corrected chi connectivity index (χ0v) is 17.4. The number of aliphatic imine (C=N–C) groups is 2. The highest BCUT2D eigenvalue weighted by Gasteiger charge is 2.60. The van der Waals surface area contributed by atoms with Gasteiger partial charge in [0.1, 0.15) is 11.7 Å². The maximum Gasteiger partial charge on any atom is 0.184 e. The predicted octanol–water partition coefficient (Wildman–Crippen LogP) is 4.19. The molecule has 30 heavy (non-hydrogen) atoms. The van der Waals surface area contributed by atoms with Gasteiger partial charge in [-0.15, -0.1) is 0 Å². The van der Waals surface area contributed by atoms with E-state index in [1.807, 2.05) is 19.1 Å². The Kier molecular flexibility index (Phi) is 4.26. The van der Waals surface area contributed by atoms with Crippen LogP contribution in [-0.2, 0) is 16.8 Å². The monoisotopic (exact) mass is 406 g/mol. The topological polar surface area (TPSA) is 86.0 Å². The van der Waals surface area contributed by atoms with Crippen LogP contribution in [0.5, 0.6) is 0 Å². The Morgan fingerprint density at radius 1 is 1.07 bits per heavy atom. The molecule has 2 aromatic carbocycles. The van der Waals surface area contributed by atoms with Crippen LogP contribution in [0, 0.1) is 11.2 Å². The Hall–Kier alpha value is -2.73. The van der Waals surface area contributed by atoms with Gasteiger partial charge in [-0.3, -0.25) is 4.99 Å². The molecule has 5 nitrogen and oxygen atoms in total. The molecule has 1 aliphatic heterocycles. The Morgan fingerprint density at radius 2 is 1.83 bits per heavy atom. The summed E-state index contributed by atoms with van der Waals surface area (Å²) in [5, 5.41) is 0. The molecule has 1 saturated carbocycles. The largest absolute Gasteiger partial charge is 0.399 e. The highest BCUT2D eigenvalue weighted by atomic mass is 19.1. The number of methoxy groups -OCH3 is 1. The third kappa shape index (κ3) is 2.63. The van der Waals surface area contributed by atoms with E-state index < -0.39 is 5.66 Å². The van der Waals surface area contributed by atoms with E-state index in [4.69, 9.17) is 26.2 Å². The number of fused-ring (bicyclic) bond motifs is 3. The van der Waals surface area contributed by atoms with E-state index in [9.17, 15) is 4.39 Å². The van der Waals surface area contributed by atoms with Gasteiger partial charge in [0, 0.05) is 29.3 Å². The predicted molar refractivity (Wildman–Crippen MR) is 118 cm³/mol. The fourth-order valence-corrected chi connectivity index (χ4v) is 5.60. The van der Waals surface area contributed by atoms with E-state index in [0.717, 1.165) is 48.9 Å². The van der Waals surface area contributed by atoms with Crippen molar-refractivity contribution in [2.24, 2.45) is 21.1 Å². The molecule has 0 amide bonds. The van der Waals surface area contributed by atoms with Crippen LogP contribution >= 0.6 is 0 Å². The number of hydrogen-bond donors (Lipinski definition) is 2. The van der Waals surface area contributed by atoms with Crippen molar-refractivity contribution in [2.45, 2.75) is 50.8 Å². The van der Waals surface area contributed by atoms with Crippen LogP contribution in [0.25, 0.3) is 11.1 Å². The Bertz CT molecular complexity index is 1060. The van der Waals surface area contributed by atoms with E-state index in [1.165, 1.54) is 11.6 Å². The van der Waals surface area contributed by atoms with Crippen LogP contribution in [0.1, 0.15) is 43.7 Å². The van der Waals surface area contributed by atoms with Gasteiger partial charge in [0.2, 0.25) is 0 Å². The van der Waals surface area contributed by atoms with Gasteiger partial charge in [-0.2, -0.15) is 0 Å². The second kappa shape index (κ2) is 6.64.